The normalized spacial score (nSPS) is 32.9. The maximum Gasteiger partial charge on any atom is 0.226 e. The standard InChI is InChI=1S/C15H24N4O.2ClH/c1-9(2)5-15-17-14(18-20-15)8-19-12-3-4-13(19)11-7-16-6-10(11)12;;/h9-13,16H,3-8H2,1-2H3;2*1H/t10-,11+,12-,13+;;. The van der Waals surface area contributed by atoms with Gasteiger partial charge in [0.2, 0.25) is 5.89 Å². The van der Waals surface area contributed by atoms with Crippen LogP contribution in [0.1, 0.15) is 38.4 Å². The van der Waals surface area contributed by atoms with E-state index in [4.69, 9.17) is 4.52 Å². The predicted octanol–water partition coefficient (Wildman–Crippen LogP) is 2.29. The summed E-state index contributed by atoms with van der Waals surface area (Å²) in [5, 5.41) is 7.74. The minimum absolute atomic E-state index is 0. The lowest BCUT2D eigenvalue weighted by atomic mass is 9.82. The van der Waals surface area contributed by atoms with Gasteiger partial charge >= 0.3 is 0 Å². The van der Waals surface area contributed by atoms with Gasteiger partial charge in [-0.1, -0.05) is 19.0 Å². The molecular weight excluding hydrogens is 323 g/mol. The van der Waals surface area contributed by atoms with Crippen molar-refractivity contribution in [2.45, 2.75) is 51.7 Å². The fourth-order valence-corrected chi connectivity index (χ4v) is 4.59. The molecule has 3 aliphatic rings. The summed E-state index contributed by atoms with van der Waals surface area (Å²) < 4.78 is 5.37. The highest BCUT2D eigenvalue weighted by Crippen LogP contribution is 2.47. The van der Waals surface area contributed by atoms with Crippen LogP contribution in [0.2, 0.25) is 0 Å². The van der Waals surface area contributed by atoms with Crippen molar-refractivity contribution in [2.24, 2.45) is 17.8 Å². The SMILES string of the molecule is CC(C)Cc1nc(CN2[C@@H]3CC[C@H]2[C@H]2CNC[C@H]23)no1.Cl.Cl. The van der Waals surface area contributed by atoms with Crippen molar-refractivity contribution in [3.8, 4) is 0 Å². The van der Waals surface area contributed by atoms with Crippen LogP contribution in [0.3, 0.4) is 0 Å². The van der Waals surface area contributed by atoms with Crippen molar-refractivity contribution >= 4 is 24.8 Å². The van der Waals surface area contributed by atoms with Gasteiger partial charge in [-0.15, -0.1) is 24.8 Å². The molecule has 4 rings (SSSR count). The molecule has 3 aliphatic heterocycles. The predicted molar refractivity (Wildman–Crippen MR) is 89.5 cm³/mol. The summed E-state index contributed by atoms with van der Waals surface area (Å²) in [7, 11) is 0. The summed E-state index contributed by atoms with van der Waals surface area (Å²) in [6.07, 6.45) is 3.59. The first kappa shape index (κ1) is 18.0. The summed E-state index contributed by atoms with van der Waals surface area (Å²) in [4.78, 5) is 7.22. The topological polar surface area (TPSA) is 54.2 Å². The largest absolute Gasteiger partial charge is 0.339 e. The van der Waals surface area contributed by atoms with E-state index in [-0.39, 0.29) is 24.8 Å². The number of fused-ring (bicyclic) bond motifs is 5. The molecule has 0 amide bonds. The van der Waals surface area contributed by atoms with Crippen LogP contribution in [0, 0.1) is 17.8 Å². The van der Waals surface area contributed by atoms with Crippen LogP contribution in [-0.4, -0.2) is 40.2 Å². The van der Waals surface area contributed by atoms with Crippen LogP contribution in [0.4, 0.5) is 0 Å². The molecule has 3 saturated heterocycles. The lowest BCUT2D eigenvalue weighted by Gasteiger charge is -2.22. The van der Waals surface area contributed by atoms with Crippen LogP contribution in [-0.2, 0) is 13.0 Å². The monoisotopic (exact) mass is 348 g/mol. The molecule has 0 radical (unpaired) electrons. The molecular formula is C15H26Cl2N4O. The number of hydrogen-bond donors (Lipinski definition) is 1. The van der Waals surface area contributed by atoms with Crippen molar-refractivity contribution in [2.75, 3.05) is 13.1 Å². The second-order valence-corrected chi connectivity index (χ2v) is 7.07. The van der Waals surface area contributed by atoms with E-state index in [1.165, 1.54) is 25.9 Å². The number of nitrogens with one attached hydrogen (secondary N) is 1. The molecule has 5 nitrogen and oxygen atoms in total. The molecule has 0 aliphatic carbocycles. The first-order valence-corrected chi connectivity index (χ1v) is 8.00. The number of halogens is 2. The highest BCUT2D eigenvalue weighted by molar-refractivity contribution is 5.85. The summed E-state index contributed by atoms with van der Waals surface area (Å²) in [5.41, 5.74) is 0. The van der Waals surface area contributed by atoms with Gasteiger partial charge < -0.3 is 9.84 Å². The fraction of sp³-hybridized carbons (Fsp3) is 0.867. The number of hydrogen-bond acceptors (Lipinski definition) is 5. The van der Waals surface area contributed by atoms with Crippen molar-refractivity contribution in [3.05, 3.63) is 11.7 Å². The third-order valence-corrected chi connectivity index (χ3v) is 5.33. The molecule has 7 heteroatoms. The van der Waals surface area contributed by atoms with Gasteiger partial charge in [-0.2, -0.15) is 4.98 Å². The Labute approximate surface area is 144 Å². The Morgan fingerprint density at radius 3 is 2.41 bits per heavy atom. The molecule has 0 saturated carbocycles. The maximum absolute atomic E-state index is 5.37. The molecule has 0 unspecified atom stereocenters. The quantitative estimate of drug-likeness (QED) is 0.904. The van der Waals surface area contributed by atoms with Crippen molar-refractivity contribution < 1.29 is 4.52 Å². The van der Waals surface area contributed by atoms with Gasteiger partial charge in [0, 0.05) is 18.5 Å². The Morgan fingerprint density at radius 1 is 1.18 bits per heavy atom. The molecule has 0 aromatic carbocycles. The second-order valence-electron chi connectivity index (χ2n) is 7.07. The molecule has 1 aromatic rings. The van der Waals surface area contributed by atoms with Gasteiger partial charge in [-0.05, 0) is 43.7 Å². The fourth-order valence-electron chi connectivity index (χ4n) is 4.59. The minimum atomic E-state index is 0. The average Bonchev–Trinajstić information content (AvgIpc) is 3.12. The Hall–Kier alpha value is -0.360. The lowest BCUT2D eigenvalue weighted by Crippen LogP contribution is -2.34. The van der Waals surface area contributed by atoms with Crippen LogP contribution in [0.15, 0.2) is 4.52 Å². The number of rotatable bonds is 4. The van der Waals surface area contributed by atoms with E-state index in [1.54, 1.807) is 0 Å². The highest BCUT2D eigenvalue weighted by Gasteiger charge is 2.54. The Balaban J connectivity index is 0.000000882. The second kappa shape index (κ2) is 7.04. The average molecular weight is 349 g/mol. The molecule has 1 N–H and O–H groups in total. The molecule has 1 aromatic heterocycles. The van der Waals surface area contributed by atoms with Gasteiger partial charge in [0.05, 0.1) is 6.54 Å². The summed E-state index contributed by atoms with van der Waals surface area (Å²) in [6.45, 7) is 7.64. The maximum atomic E-state index is 5.37. The van der Waals surface area contributed by atoms with E-state index in [1.807, 2.05) is 0 Å². The zero-order valence-corrected chi connectivity index (χ0v) is 14.8. The van der Waals surface area contributed by atoms with Crippen molar-refractivity contribution in [1.82, 2.24) is 20.4 Å². The lowest BCUT2D eigenvalue weighted by molar-refractivity contribution is 0.210. The third-order valence-electron chi connectivity index (χ3n) is 5.33. The molecule has 126 valence electrons. The smallest absolute Gasteiger partial charge is 0.226 e. The zero-order chi connectivity index (χ0) is 13.7. The van der Waals surface area contributed by atoms with Crippen molar-refractivity contribution in [3.63, 3.8) is 0 Å². The Morgan fingerprint density at radius 2 is 1.82 bits per heavy atom. The van der Waals surface area contributed by atoms with Crippen LogP contribution in [0.25, 0.3) is 0 Å². The molecule has 3 fully saturated rings. The van der Waals surface area contributed by atoms with Gasteiger partial charge in [-0.3, -0.25) is 4.90 Å². The third kappa shape index (κ3) is 3.01. The van der Waals surface area contributed by atoms with E-state index in [2.05, 4.69) is 34.2 Å². The molecule has 0 spiro atoms. The van der Waals surface area contributed by atoms with E-state index in [0.717, 1.165) is 48.6 Å². The molecule has 22 heavy (non-hydrogen) atoms. The molecule has 4 heterocycles. The highest BCUT2D eigenvalue weighted by atomic mass is 35.5. The van der Waals surface area contributed by atoms with E-state index < -0.39 is 0 Å². The van der Waals surface area contributed by atoms with Crippen LogP contribution >= 0.6 is 24.8 Å². The van der Waals surface area contributed by atoms with E-state index in [9.17, 15) is 0 Å². The number of nitrogens with zero attached hydrogens (tertiary/aromatic N) is 3. The van der Waals surface area contributed by atoms with Gasteiger partial charge in [0.15, 0.2) is 5.82 Å². The van der Waals surface area contributed by atoms with E-state index in [0.29, 0.717) is 5.92 Å². The van der Waals surface area contributed by atoms with Crippen molar-refractivity contribution in [1.29, 1.82) is 0 Å². The molecule has 4 atom stereocenters. The number of aromatic nitrogens is 2. The van der Waals surface area contributed by atoms with Gasteiger partial charge in [0.25, 0.3) is 0 Å². The first-order chi connectivity index (χ1) is 9.72. The van der Waals surface area contributed by atoms with Crippen LogP contribution < -0.4 is 5.32 Å². The Kier molecular flexibility index (Phi) is 5.75. The summed E-state index contributed by atoms with van der Waals surface area (Å²) in [6, 6.07) is 1.49. The summed E-state index contributed by atoms with van der Waals surface area (Å²) in [5.74, 6) is 3.96. The van der Waals surface area contributed by atoms with Gasteiger partial charge in [-0.25, -0.2) is 0 Å². The molecule has 2 bridgehead atoms. The van der Waals surface area contributed by atoms with Gasteiger partial charge in [0.1, 0.15) is 0 Å². The first-order valence-electron chi connectivity index (χ1n) is 8.00. The Bertz CT molecular complexity index is 478. The summed E-state index contributed by atoms with van der Waals surface area (Å²) >= 11 is 0. The minimum Gasteiger partial charge on any atom is -0.339 e. The van der Waals surface area contributed by atoms with Crippen LogP contribution in [0.5, 0.6) is 0 Å². The van der Waals surface area contributed by atoms with E-state index >= 15 is 0 Å². The zero-order valence-electron chi connectivity index (χ0n) is 13.2.